The lowest BCUT2D eigenvalue weighted by molar-refractivity contribution is -0.172. The monoisotopic (exact) mass is 408 g/mol. The average Bonchev–Trinajstić information content (AvgIpc) is 3.03. The summed E-state index contributed by atoms with van der Waals surface area (Å²) in [5.41, 5.74) is 0.736. The van der Waals surface area contributed by atoms with Crippen molar-refractivity contribution in [2.75, 3.05) is 0 Å². The van der Waals surface area contributed by atoms with Gasteiger partial charge < -0.3 is 14.4 Å². The van der Waals surface area contributed by atoms with E-state index in [1.807, 2.05) is 0 Å². The number of hydrogen-bond acceptors (Lipinski definition) is 3. The van der Waals surface area contributed by atoms with E-state index in [9.17, 15) is 9.90 Å². The molecule has 4 saturated carbocycles. The molecule has 4 aliphatic rings. The third-order valence-corrected chi connectivity index (χ3v) is 10.7. The highest BCUT2D eigenvalue weighted by Crippen LogP contribution is 2.68. The molecule has 3 nitrogen and oxygen atoms in total. The van der Waals surface area contributed by atoms with E-state index < -0.39 is 0 Å². The number of carbonyl (C=O) groups excluding carboxylic acids is 1. The first kappa shape index (κ1) is 21.3. The van der Waals surface area contributed by atoms with Gasteiger partial charge >= 0.3 is 0 Å². The van der Waals surface area contributed by atoms with Crippen LogP contribution < -0.4 is 0 Å². The van der Waals surface area contributed by atoms with Crippen molar-refractivity contribution in [2.45, 2.75) is 97.2 Å². The summed E-state index contributed by atoms with van der Waals surface area (Å²) in [7, 11) is 2.46. The normalized spacial score (nSPS) is 51.7. The van der Waals surface area contributed by atoms with Crippen LogP contribution in [0.4, 0.5) is 0 Å². The summed E-state index contributed by atoms with van der Waals surface area (Å²) >= 11 is 0. The maximum Gasteiger partial charge on any atom is 0.120 e. The van der Waals surface area contributed by atoms with E-state index >= 15 is 0 Å². The first-order valence-electron chi connectivity index (χ1n) is 11.8. The van der Waals surface area contributed by atoms with Gasteiger partial charge in [-0.15, -0.1) is 0 Å². The molecule has 0 aromatic rings. The average molecular weight is 409 g/mol. The zero-order valence-electron chi connectivity index (χ0n) is 18.1. The van der Waals surface area contributed by atoms with Crippen molar-refractivity contribution in [3.8, 4) is 0 Å². The summed E-state index contributed by atoms with van der Waals surface area (Å²) in [6.45, 7) is 7.44. The fourth-order valence-corrected chi connectivity index (χ4v) is 9.06. The van der Waals surface area contributed by atoms with Crippen molar-refractivity contribution in [1.82, 2.24) is 0 Å². The Morgan fingerprint density at radius 2 is 1.82 bits per heavy atom. The van der Waals surface area contributed by atoms with Gasteiger partial charge in [-0.2, -0.15) is 0 Å². The SMILES string of the molecule is C[C@H](CCC=O)[C@H]1CCC2C3C(CC[C@@]21C)[C@@]1(C)CC[C@@H](OP)C[C@H]1C[C@H]3O. The van der Waals surface area contributed by atoms with E-state index in [-0.39, 0.29) is 6.10 Å². The Hall–Kier alpha value is 0.0200. The van der Waals surface area contributed by atoms with E-state index in [4.69, 9.17) is 4.52 Å². The molecule has 11 atom stereocenters. The summed E-state index contributed by atoms with van der Waals surface area (Å²) in [6.07, 6.45) is 12.7. The van der Waals surface area contributed by atoms with Crippen LogP contribution in [0.25, 0.3) is 0 Å². The van der Waals surface area contributed by atoms with E-state index in [0.717, 1.165) is 31.5 Å². The van der Waals surface area contributed by atoms with Crippen LogP contribution in [0.5, 0.6) is 0 Å². The molecule has 0 aliphatic heterocycles. The highest BCUT2D eigenvalue weighted by atomic mass is 31.0. The second-order valence-corrected chi connectivity index (χ2v) is 11.6. The fraction of sp³-hybridized carbons (Fsp3) is 0.958. The van der Waals surface area contributed by atoms with Crippen molar-refractivity contribution < 1.29 is 14.4 Å². The van der Waals surface area contributed by atoms with Gasteiger partial charge in [0.05, 0.1) is 12.2 Å². The van der Waals surface area contributed by atoms with E-state index in [2.05, 4.69) is 30.2 Å². The molecule has 0 bridgehead atoms. The Kier molecular flexibility index (Phi) is 6.02. The highest BCUT2D eigenvalue weighted by molar-refractivity contribution is 7.09. The van der Waals surface area contributed by atoms with Crippen molar-refractivity contribution in [3.63, 3.8) is 0 Å². The molecule has 4 heteroatoms. The smallest absolute Gasteiger partial charge is 0.120 e. The molecule has 4 unspecified atom stereocenters. The summed E-state index contributed by atoms with van der Waals surface area (Å²) in [4.78, 5) is 10.9. The number of aliphatic hydroxyl groups is 1. The van der Waals surface area contributed by atoms with Gasteiger partial charge in [0, 0.05) is 15.9 Å². The van der Waals surface area contributed by atoms with E-state index in [1.54, 1.807) is 0 Å². The Bertz CT molecular complexity index is 582. The maximum absolute atomic E-state index is 11.4. The van der Waals surface area contributed by atoms with E-state index in [1.165, 1.54) is 38.5 Å². The molecule has 0 saturated heterocycles. The molecule has 0 radical (unpaired) electrons. The van der Waals surface area contributed by atoms with Gasteiger partial charge in [-0.3, -0.25) is 0 Å². The minimum atomic E-state index is -0.139. The lowest BCUT2D eigenvalue weighted by atomic mass is 9.43. The van der Waals surface area contributed by atoms with Gasteiger partial charge in [0.25, 0.3) is 0 Å². The summed E-state index contributed by atoms with van der Waals surface area (Å²) in [5.74, 6) is 3.77. The van der Waals surface area contributed by atoms with Crippen LogP contribution in [0, 0.1) is 46.3 Å². The molecular weight excluding hydrogens is 367 g/mol. The largest absolute Gasteiger partial charge is 0.393 e. The molecule has 0 amide bonds. The van der Waals surface area contributed by atoms with Crippen LogP contribution in [-0.2, 0) is 9.32 Å². The zero-order chi connectivity index (χ0) is 20.1. The topological polar surface area (TPSA) is 46.5 Å². The van der Waals surface area contributed by atoms with Crippen molar-refractivity contribution >= 4 is 15.8 Å². The van der Waals surface area contributed by atoms with Crippen molar-refractivity contribution in [3.05, 3.63) is 0 Å². The number of hydrogen-bond donors (Lipinski definition) is 1. The number of fused-ring (bicyclic) bond motifs is 5. The molecular formula is C24H41O3P. The van der Waals surface area contributed by atoms with Crippen LogP contribution in [-0.4, -0.2) is 23.6 Å². The molecule has 0 aromatic heterocycles. The quantitative estimate of drug-likeness (QED) is 0.489. The Balaban J connectivity index is 1.56. The Labute approximate surface area is 174 Å². The molecule has 4 fully saturated rings. The highest BCUT2D eigenvalue weighted by Gasteiger charge is 2.62. The van der Waals surface area contributed by atoms with Gasteiger partial charge in [-0.05, 0) is 104 Å². The molecule has 28 heavy (non-hydrogen) atoms. The predicted molar refractivity (Wildman–Crippen MR) is 116 cm³/mol. The van der Waals surface area contributed by atoms with Gasteiger partial charge in [0.1, 0.15) is 6.29 Å². The number of aliphatic hydroxyl groups excluding tert-OH is 1. The van der Waals surface area contributed by atoms with Crippen LogP contribution >= 0.6 is 9.47 Å². The fourth-order valence-electron chi connectivity index (χ4n) is 8.81. The lowest BCUT2D eigenvalue weighted by Crippen LogP contribution is -2.58. The maximum atomic E-state index is 11.4. The third-order valence-electron chi connectivity index (χ3n) is 10.3. The molecule has 0 aromatic carbocycles. The first-order chi connectivity index (χ1) is 13.3. The molecule has 160 valence electrons. The second-order valence-electron chi connectivity index (χ2n) is 11.3. The van der Waals surface area contributed by atoms with Crippen LogP contribution in [0.3, 0.4) is 0 Å². The van der Waals surface area contributed by atoms with Gasteiger partial charge in [0.2, 0.25) is 0 Å². The molecule has 0 heterocycles. The third kappa shape index (κ3) is 3.23. The van der Waals surface area contributed by atoms with Crippen LogP contribution in [0.15, 0.2) is 0 Å². The lowest BCUT2D eigenvalue weighted by Gasteiger charge is -2.62. The van der Waals surface area contributed by atoms with Gasteiger partial charge in [0.15, 0.2) is 0 Å². The van der Waals surface area contributed by atoms with Crippen LogP contribution in [0.1, 0.15) is 85.0 Å². The molecule has 4 aliphatic carbocycles. The van der Waals surface area contributed by atoms with E-state index in [0.29, 0.717) is 52.9 Å². The molecule has 0 spiro atoms. The van der Waals surface area contributed by atoms with Crippen LogP contribution in [0.2, 0.25) is 0 Å². The predicted octanol–water partition coefficient (Wildman–Crippen LogP) is 5.41. The zero-order valence-corrected chi connectivity index (χ0v) is 19.3. The Morgan fingerprint density at radius 3 is 2.54 bits per heavy atom. The minimum absolute atomic E-state index is 0.139. The second kappa shape index (κ2) is 7.93. The van der Waals surface area contributed by atoms with Crippen molar-refractivity contribution in [2.24, 2.45) is 46.3 Å². The van der Waals surface area contributed by atoms with Crippen molar-refractivity contribution in [1.29, 1.82) is 0 Å². The number of rotatable bonds is 5. The first-order valence-corrected chi connectivity index (χ1v) is 12.3. The summed E-state index contributed by atoms with van der Waals surface area (Å²) in [6, 6.07) is 0. The van der Waals surface area contributed by atoms with Gasteiger partial charge in [-0.1, -0.05) is 20.8 Å². The Morgan fingerprint density at radius 1 is 1.11 bits per heavy atom. The minimum Gasteiger partial charge on any atom is -0.393 e. The summed E-state index contributed by atoms with van der Waals surface area (Å²) in [5, 5.41) is 11.4. The number of carbonyl (C=O) groups is 1. The summed E-state index contributed by atoms with van der Waals surface area (Å²) < 4.78 is 5.62. The molecule has 4 rings (SSSR count). The number of aldehydes is 1. The standard InChI is InChI=1S/C24H41O3P/c1-15(5-4-12-25)18-6-7-19-22-20(9-11-24(18,19)3)23(2)10-8-17(27-28)13-16(23)14-21(22)26/h12,15-22,26H,4-11,13-14,28H2,1-3H3/t15-,16+,17-,18-,19?,20?,21-,22?,23+,24-/m1/s1. The van der Waals surface area contributed by atoms with Gasteiger partial charge in [-0.25, -0.2) is 0 Å². The molecule has 1 N–H and O–H groups in total.